The fraction of sp³-hybridized carbons (Fsp3) is 0.138. The van der Waals surface area contributed by atoms with Crippen molar-refractivity contribution in [3.63, 3.8) is 0 Å². The van der Waals surface area contributed by atoms with Gasteiger partial charge in [0.1, 0.15) is 36.2 Å². The zero-order chi connectivity index (χ0) is 27.7. The fourth-order valence-corrected chi connectivity index (χ4v) is 4.94. The molecule has 0 spiro atoms. The number of fused-ring (bicyclic) bond motifs is 1. The van der Waals surface area contributed by atoms with Gasteiger partial charge in [-0.05, 0) is 96.9 Å². The van der Waals surface area contributed by atoms with Crippen LogP contribution in [0.1, 0.15) is 18.1 Å². The minimum absolute atomic E-state index is 0.0169. The van der Waals surface area contributed by atoms with Gasteiger partial charge in [-0.3, -0.25) is 19.7 Å². The minimum atomic E-state index is -0.595. The maximum Gasteiger partial charge on any atom is 0.290 e. The lowest BCUT2D eigenvalue weighted by atomic mass is 10.0. The van der Waals surface area contributed by atoms with E-state index in [9.17, 15) is 23.2 Å². The summed E-state index contributed by atoms with van der Waals surface area (Å²) >= 11 is 0.867. The number of rotatable bonds is 7. The second-order valence-electron chi connectivity index (χ2n) is 8.71. The molecule has 39 heavy (non-hydrogen) atoms. The number of thioether (sulfide) groups is 1. The third-order valence-corrected chi connectivity index (χ3v) is 7.06. The van der Waals surface area contributed by atoms with E-state index in [4.69, 9.17) is 13.9 Å². The van der Waals surface area contributed by atoms with E-state index >= 15 is 0 Å². The smallest absolute Gasteiger partial charge is 0.290 e. The average Bonchev–Trinajstić information content (AvgIpc) is 3.25. The third kappa shape index (κ3) is 5.42. The number of aryl methyl sites for hydroxylation is 1. The number of hydrogen-bond donors (Lipinski definition) is 1. The van der Waals surface area contributed by atoms with E-state index in [0.29, 0.717) is 21.8 Å². The minimum Gasteiger partial charge on any atom is -0.490 e. The Balaban J connectivity index is 1.34. The summed E-state index contributed by atoms with van der Waals surface area (Å²) in [5, 5.41) is 1.87. The van der Waals surface area contributed by atoms with E-state index in [1.807, 2.05) is 6.92 Å². The number of hydrogen-bond acceptors (Lipinski definition) is 7. The lowest BCUT2D eigenvalue weighted by molar-refractivity contribution is -0.115. The molecule has 2 heterocycles. The number of carbonyl (C=O) groups excluding carboxylic acids is 2. The summed E-state index contributed by atoms with van der Waals surface area (Å²) in [4.78, 5) is 37.0. The summed E-state index contributed by atoms with van der Waals surface area (Å²) in [7, 11) is 0. The van der Waals surface area contributed by atoms with Crippen molar-refractivity contribution in [2.75, 3.05) is 13.2 Å². The lowest BCUT2D eigenvalue weighted by Crippen LogP contribution is -2.18. The highest BCUT2D eigenvalue weighted by Gasteiger charge is 2.28. The first-order valence-electron chi connectivity index (χ1n) is 11.8. The molecule has 3 aromatic carbocycles. The number of benzene rings is 3. The van der Waals surface area contributed by atoms with Gasteiger partial charge < -0.3 is 13.9 Å². The van der Waals surface area contributed by atoms with Crippen LogP contribution in [0.5, 0.6) is 11.5 Å². The molecule has 10 heteroatoms. The van der Waals surface area contributed by atoms with Crippen molar-refractivity contribution in [1.82, 2.24) is 5.32 Å². The molecule has 1 N–H and O–H groups in total. The molecule has 5 rings (SSSR count). The number of amides is 2. The van der Waals surface area contributed by atoms with Crippen LogP contribution in [-0.4, -0.2) is 24.4 Å². The predicted octanol–water partition coefficient (Wildman–Crippen LogP) is 6.22. The molecule has 2 amide bonds. The number of nitrogens with one attached hydrogen (secondary N) is 1. The number of ether oxygens (including phenoxy) is 2. The Morgan fingerprint density at radius 1 is 0.923 bits per heavy atom. The summed E-state index contributed by atoms with van der Waals surface area (Å²) < 4.78 is 44.7. The Bertz CT molecular complexity index is 1710. The van der Waals surface area contributed by atoms with Crippen molar-refractivity contribution in [1.29, 1.82) is 0 Å². The summed E-state index contributed by atoms with van der Waals surface area (Å²) in [6, 6.07) is 14.3. The zero-order valence-electron chi connectivity index (χ0n) is 20.8. The molecular formula is C29H21F2NO6S. The molecule has 1 aliphatic heterocycles. The second-order valence-corrected chi connectivity index (χ2v) is 9.69. The zero-order valence-corrected chi connectivity index (χ0v) is 21.6. The van der Waals surface area contributed by atoms with Crippen LogP contribution in [-0.2, 0) is 4.79 Å². The van der Waals surface area contributed by atoms with E-state index < -0.39 is 28.2 Å². The van der Waals surface area contributed by atoms with Gasteiger partial charge in [0.2, 0.25) is 11.2 Å². The van der Waals surface area contributed by atoms with Crippen molar-refractivity contribution in [2.24, 2.45) is 0 Å². The van der Waals surface area contributed by atoms with E-state index in [1.54, 1.807) is 25.1 Å². The molecule has 7 nitrogen and oxygen atoms in total. The van der Waals surface area contributed by atoms with Crippen molar-refractivity contribution in [3.05, 3.63) is 98.6 Å². The summed E-state index contributed by atoms with van der Waals surface area (Å²) in [6.07, 6.45) is 0. The highest BCUT2D eigenvalue weighted by molar-refractivity contribution is 8.18. The molecule has 0 saturated carbocycles. The van der Waals surface area contributed by atoms with Crippen molar-refractivity contribution in [3.8, 4) is 22.8 Å². The summed E-state index contributed by atoms with van der Waals surface area (Å²) in [5.74, 6) is -0.980. The van der Waals surface area contributed by atoms with E-state index in [-0.39, 0.29) is 35.7 Å². The van der Waals surface area contributed by atoms with Gasteiger partial charge in [0.15, 0.2) is 5.76 Å². The summed E-state index contributed by atoms with van der Waals surface area (Å²) in [6.45, 7) is 3.66. The SMILES string of the molecule is C/C(=C1/SC(=O)NC1=O)c1ccc(OCCOc2c(-c3ccc(F)cc3)oc3ccc(F)cc3c2=O)cc1C. The van der Waals surface area contributed by atoms with Crippen LogP contribution in [0.4, 0.5) is 13.6 Å². The van der Waals surface area contributed by atoms with E-state index in [1.165, 1.54) is 36.4 Å². The van der Waals surface area contributed by atoms with Gasteiger partial charge in [-0.2, -0.15) is 0 Å². The Morgan fingerprint density at radius 3 is 2.33 bits per heavy atom. The molecule has 0 aliphatic carbocycles. The normalized spacial score (nSPS) is 14.5. The molecule has 1 fully saturated rings. The molecule has 4 aromatic rings. The molecule has 198 valence electrons. The molecular weight excluding hydrogens is 528 g/mol. The second kappa shape index (κ2) is 10.7. The predicted molar refractivity (Wildman–Crippen MR) is 144 cm³/mol. The molecule has 0 atom stereocenters. The first-order valence-corrected chi connectivity index (χ1v) is 12.7. The van der Waals surface area contributed by atoms with Crippen molar-refractivity contribution in [2.45, 2.75) is 13.8 Å². The number of imide groups is 1. The van der Waals surface area contributed by atoms with Gasteiger partial charge in [-0.1, -0.05) is 6.07 Å². The van der Waals surface area contributed by atoms with Gasteiger partial charge in [0, 0.05) is 5.56 Å². The number of carbonyl (C=O) groups is 2. The topological polar surface area (TPSA) is 94.8 Å². The van der Waals surface area contributed by atoms with Crippen LogP contribution in [0, 0.1) is 18.6 Å². The van der Waals surface area contributed by atoms with Crippen LogP contribution >= 0.6 is 11.8 Å². The number of allylic oxidation sites excluding steroid dienone is 1. The van der Waals surface area contributed by atoms with Crippen LogP contribution in [0.25, 0.3) is 27.9 Å². The standard InChI is InChI=1S/C29H21F2NO6S/c1-15-13-20(8-9-21(15)16(2)27-28(34)32-29(35)39-27)36-11-12-37-26-24(33)22-14-19(31)7-10-23(22)38-25(26)17-3-5-18(30)6-4-17/h3-10,13-14H,11-12H2,1-2H3,(H,32,34,35)/b27-16-. The summed E-state index contributed by atoms with van der Waals surface area (Å²) in [5.41, 5.74) is 2.35. The first-order chi connectivity index (χ1) is 18.7. The van der Waals surface area contributed by atoms with Gasteiger partial charge in [-0.25, -0.2) is 8.78 Å². The van der Waals surface area contributed by atoms with Crippen LogP contribution < -0.4 is 20.2 Å². The quantitative estimate of drug-likeness (QED) is 0.216. The van der Waals surface area contributed by atoms with Gasteiger partial charge >= 0.3 is 0 Å². The maximum absolute atomic E-state index is 13.8. The Labute approximate surface area is 225 Å². The average molecular weight is 550 g/mol. The molecule has 1 aliphatic rings. The molecule has 0 unspecified atom stereocenters. The van der Waals surface area contributed by atoms with Gasteiger partial charge in [0.05, 0.1) is 10.3 Å². The van der Waals surface area contributed by atoms with E-state index in [2.05, 4.69) is 5.32 Å². The fourth-order valence-electron chi connectivity index (χ4n) is 4.21. The van der Waals surface area contributed by atoms with Crippen molar-refractivity contribution < 1.29 is 32.3 Å². The van der Waals surface area contributed by atoms with Crippen LogP contribution in [0.15, 0.2) is 74.8 Å². The highest BCUT2D eigenvalue weighted by Crippen LogP contribution is 2.34. The van der Waals surface area contributed by atoms with Crippen molar-refractivity contribution >= 4 is 39.5 Å². The first kappa shape index (κ1) is 26.2. The molecule has 0 radical (unpaired) electrons. The molecule has 1 aromatic heterocycles. The monoisotopic (exact) mass is 549 g/mol. The molecule has 0 bridgehead atoms. The van der Waals surface area contributed by atoms with Crippen LogP contribution in [0.3, 0.4) is 0 Å². The Morgan fingerprint density at radius 2 is 1.64 bits per heavy atom. The van der Waals surface area contributed by atoms with Gasteiger partial charge in [0.25, 0.3) is 11.1 Å². The third-order valence-electron chi connectivity index (χ3n) is 6.07. The maximum atomic E-state index is 13.8. The van der Waals surface area contributed by atoms with Crippen LogP contribution in [0.2, 0.25) is 0 Å². The van der Waals surface area contributed by atoms with Gasteiger partial charge in [-0.15, -0.1) is 0 Å². The highest BCUT2D eigenvalue weighted by atomic mass is 32.2. The largest absolute Gasteiger partial charge is 0.490 e. The Hall–Kier alpha value is -4.44. The number of halogens is 2. The molecule has 1 saturated heterocycles. The lowest BCUT2D eigenvalue weighted by Gasteiger charge is -2.14. The Kier molecular flexibility index (Phi) is 7.21. The van der Waals surface area contributed by atoms with E-state index in [0.717, 1.165) is 29.0 Å².